The number of hydrazone groups is 1. The average Bonchev–Trinajstić information content (AvgIpc) is 3.10. The Bertz CT molecular complexity index is 917. The van der Waals surface area contributed by atoms with Gasteiger partial charge in [0.2, 0.25) is 0 Å². The van der Waals surface area contributed by atoms with Gasteiger partial charge in [0, 0.05) is 16.8 Å². The summed E-state index contributed by atoms with van der Waals surface area (Å²) in [4.78, 5) is 11.8. The van der Waals surface area contributed by atoms with Gasteiger partial charge in [-0.2, -0.15) is 5.10 Å². The number of carbonyl (C=O) groups is 1. The molecule has 0 fully saturated rings. The molecule has 0 saturated carbocycles. The first-order valence-electron chi connectivity index (χ1n) is 7.90. The molecule has 1 N–H and O–H groups in total. The highest BCUT2D eigenvalue weighted by molar-refractivity contribution is 6.30. The van der Waals surface area contributed by atoms with Gasteiger partial charge in [0.25, 0.3) is 5.91 Å². The maximum atomic E-state index is 11.8. The van der Waals surface area contributed by atoms with Gasteiger partial charge in [0.05, 0.1) is 12.7 Å². The lowest BCUT2D eigenvalue weighted by atomic mass is 10.2. The Hall–Kier alpha value is -3.25. The fraction of sp³-hybridized carbons (Fsp3) is 0.0526. The van der Waals surface area contributed by atoms with Gasteiger partial charge in [0.15, 0.2) is 0 Å². The molecule has 3 rings (SSSR count). The van der Waals surface area contributed by atoms with Gasteiger partial charge in [0.1, 0.15) is 5.69 Å². The molecule has 6 nitrogen and oxygen atoms in total. The van der Waals surface area contributed by atoms with Crippen LogP contribution in [0, 0.1) is 0 Å². The Morgan fingerprint density at radius 1 is 1.15 bits per heavy atom. The monoisotopic (exact) mass is 365 g/mol. The second-order valence-electron chi connectivity index (χ2n) is 5.41. The van der Waals surface area contributed by atoms with Crippen molar-refractivity contribution in [3.63, 3.8) is 0 Å². The molecule has 0 unspecified atom stereocenters. The largest absolute Gasteiger partial charge is 0.271 e. The number of carbonyl (C=O) groups excluding carboxylic acids is 1. The zero-order valence-corrected chi connectivity index (χ0v) is 14.5. The number of hydrogen-bond donors (Lipinski definition) is 1. The van der Waals surface area contributed by atoms with Gasteiger partial charge in [-0.05, 0) is 42.0 Å². The summed E-state index contributed by atoms with van der Waals surface area (Å²) in [5.41, 5.74) is 4.78. The molecule has 130 valence electrons. The minimum Gasteiger partial charge on any atom is -0.267 e. The van der Waals surface area contributed by atoms with E-state index in [1.807, 2.05) is 36.5 Å². The van der Waals surface area contributed by atoms with Crippen LogP contribution in [0.5, 0.6) is 0 Å². The number of halogens is 1. The molecule has 0 aliphatic carbocycles. The van der Waals surface area contributed by atoms with Crippen molar-refractivity contribution in [2.45, 2.75) is 6.54 Å². The fourth-order valence-corrected chi connectivity index (χ4v) is 2.31. The number of nitrogens with one attached hydrogen (secondary N) is 1. The van der Waals surface area contributed by atoms with Crippen molar-refractivity contribution in [2.75, 3.05) is 0 Å². The van der Waals surface area contributed by atoms with Gasteiger partial charge < -0.3 is 0 Å². The topological polar surface area (TPSA) is 72.2 Å². The van der Waals surface area contributed by atoms with Gasteiger partial charge in [-0.25, -0.2) is 10.1 Å². The van der Waals surface area contributed by atoms with Crippen molar-refractivity contribution in [1.29, 1.82) is 0 Å². The van der Waals surface area contributed by atoms with Crippen LogP contribution in [-0.2, 0) is 6.54 Å². The zero-order valence-electron chi connectivity index (χ0n) is 13.8. The number of hydrogen-bond acceptors (Lipinski definition) is 4. The first-order valence-corrected chi connectivity index (χ1v) is 8.28. The molecule has 3 aromatic rings. The molecular formula is C19H16ClN5O. The van der Waals surface area contributed by atoms with E-state index >= 15 is 0 Å². The van der Waals surface area contributed by atoms with E-state index in [0.29, 0.717) is 22.8 Å². The quantitative estimate of drug-likeness (QED) is 0.537. The maximum Gasteiger partial charge on any atom is 0.271 e. The van der Waals surface area contributed by atoms with E-state index in [-0.39, 0.29) is 5.91 Å². The van der Waals surface area contributed by atoms with Gasteiger partial charge in [-0.15, -0.1) is 5.10 Å². The molecule has 7 heteroatoms. The first kappa shape index (κ1) is 17.6. The SMILES string of the molecule is O=C(N/N=C\C=C\c1cn(Cc2ccccc2)nn1)c1ccc(Cl)cc1. The van der Waals surface area contributed by atoms with Crippen LogP contribution in [0.1, 0.15) is 21.6 Å². The molecule has 2 aromatic carbocycles. The summed E-state index contributed by atoms with van der Waals surface area (Å²) < 4.78 is 1.76. The summed E-state index contributed by atoms with van der Waals surface area (Å²) in [5.74, 6) is -0.305. The minimum absolute atomic E-state index is 0.305. The fourth-order valence-electron chi connectivity index (χ4n) is 2.18. The number of benzene rings is 2. The molecule has 0 spiro atoms. The van der Waals surface area contributed by atoms with E-state index in [9.17, 15) is 4.79 Å². The van der Waals surface area contributed by atoms with Crippen LogP contribution in [0.4, 0.5) is 0 Å². The van der Waals surface area contributed by atoms with Crippen LogP contribution in [0.25, 0.3) is 6.08 Å². The van der Waals surface area contributed by atoms with Crippen molar-refractivity contribution >= 4 is 29.8 Å². The van der Waals surface area contributed by atoms with Crippen molar-refractivity contribution in [1.82, 2.24) is 20.4 Å². The van der Waals surface area contributed by atoms with Crippen molar-refractivity contribution in [2.24, 2.45) is 5.10 Å². The predicted molar refractivity (Wildman–Crippen MR) is 102 cm³/mol. The van der Waals surface area contributed by atoms with Crippen molar-refractivity contribution < 1.29 is 4.79 Å². The maximum absolute atomic E-state index is 11.8. The van der Waals surface area contributed by atoms with Crippen LogP contribution in [-0.4, -0.2) is 27.1 Å². The first-order chi connectivity index (χ1) is 12.7. The lowest BCUT2D eigenvalue weighted by molar-refractivity contribution is 0.0955. The second kappa shape index (κ2) is 8.73. The lowest BCUT2D eigenvalue weighted by Crippen LogP contribution is -2.17. The van der Waals surface area contributed by atoms with Crippen LogP contribution in [0.15, 0.2) is 72.0 Å². The van der Waals surface area contributed by atoms with E-state index in [4.69, 9.17) is 11.6 Å². The third-order valence-electron chi connectivity index (χ3n) is 3.44. The minimum atomic E-state index is -0.305. The summed E-state index contributed by atoms with van der Waals surface area (Å²) >= 11 is 5.78. The number of aromatic nitrogens is 3. The molecule has 0 aliphatic heterocycles. The third-order valence-corrected chi connectivity index (χ3v) is 3.70. The van der Waals surface area contributed by atoms with E-state index < -0.39 is 0 Å². The van der Waals surface area contributed by atoms with Gasteiger partial charge in [-0.1, -0.05) is 47.1 Å². The van der Waals surface area contributed by atoms with Crippen LogP contribution in [0.2, 0.25) is 5.02 Å². The number of allylic oxidation sites excluding steroid dienone is 1. The van der Waals surface area contributed by atoms with Crippen LogP contribution in [0.3, 0.4) is 0 Å². The highest BCUT2D eigenvalue weighted by Crippen LogP contribution is 2.09. The molecule has 0 aliphatic rings. The Balaban J connectivity index is 1.50. The Morgan fingerprint density at radius 2 is 1.92 bits per heavy atom. The molecular weight excluding hydrogens is 350 g/mol. The molecule has 0 bridgehead atoms. The van der Waals surface area contributed by atoms with Crippen LogP contribution >= 0.6 is 11.6 Å². The molecule has 0 saturated heterocycles. The van der Waals surface area contributed by atoms with E-state index in [1.165, 1.54) is 6.21 Å². The summed E-state index contributed by atoms with van der Waals surface area (Å²) in [6.45, 7) is 0.660. The Labute approximate surface area is 155 Å². The Morgan fingerprint density at radius 3 is 2.69 bits per heavy atom. The molecule has 1 heterocycles. The number of nitrogens with zero attached hydrogens (tertiary/aromatic N) is 4. The normalized spacial score (nSPS) is 11.3. The predicted octanol–water partition coefficient (Wildman–Crippen LogP) is 3.41. The lowest BCUT2D eigenvalue weighted by Gasteiger charge is -1.99. The average molecular weight is 366 g/mol. The zero-order chi connectivity index (χ0) is 18.2. The standard InChI is InChI=1S/C19H16ClN5O/c20-17-10-8-16(9-11-17)19(26)23-21-12-4-7-18-14-25(24-22-18)13-15-5-2-1-3-6-15/h1-12,14H,13H2,(H,23,26)/b7-4+,21-12-. The molecule has 0 radical (unpaired) electrons. The number of amides is 1. The van der Waals surface area contributed by atoms with Crippen molar-refractivity contribution in [3.05, 3.63) is 88.7 Å². The van der Waals surface area contributed by atoms with E-state index in [1.54, 1.807) is 41.1 Å². The smallest absolute Gasteiger partial charge is 0.267 e. The third kappa shape index (κ3) is 5.12. The summed E-state index contributed by atoms with van der Waals surface area (Å²) in [6, 6.07) is 16.6. The Kier molecular flexibility index (Phi) is 5.90. The van der Waals surface area contributed by atoms with E-state index in [0.717, 1.165) is 5.56 Å². The van der Waals surface area contributed by atoms with E-state index in [2.05, 4.69) is 20.8 Å². The van der Waals surface area contributed by atoms with Gasteiger partial charge >= 0.3 is 0 Å². The molecule has 0 atom stereocenters. The van der Waals surface area contributed by atoms with Crippen molar-refractivity contribution in [3.8, 4) is 0 Å². The summed E-state index contributed by atoms with van der Waals surface area (Å²) in [6.07, 6.45) is 6.75. The van der Waals surface area contributed by atoms with Crippen LogP contribution < -0.4 is 5.43 Å². The summed E-state index contributed by atoms with van der Waals surface area (Å²) in [5, 5.41) is 12.6. The molecule has 26 heavy (non-hydrogen) atoms. The summed E-state index contributed by atoms with van der Waals surface area (Å²) in [7, 11) is 0. The van der Waals surface area contributed by atoms with Gasteiger partial charge in [-0.3, -0.25) is 4.79 Å². The second-order valence-corrected chi connectivity index (χ2v) is 5.85. The number of rotatable bonds is 6. The highest BCUT2D eigenvalue weighted by Gasteiger charge is 2.02. The molecule has 1 amide bonds. The highest BCUT2D eigenvalue weighted by atomic mass is 35.5. The molecule has 1 aromatic heterocycles.